The lowest BCUT2D eigenvalue weighted by atomic mass is 10.00. The highest BCUT2D eigenvalue weighted by atomic mass is 35.5. The van der Waals surface area contributed by atoms with E-state index in [1.165, 1.54) is 16.2 Å². The van der Waals surface area contributed by atoms with Gasteiger partial charge in [0.25, 0.3) is 0 Å². The third-order valence-electron chi connectivity index (χ3n) is 4.13. The SMILES string of the molecule is CC(=N)N(C(=N)CCC(=O)O)c1sc(C)c(C)c1C(=N)c1ccc(Cl)cc1. The van der Waals surface area contributed by atoms with Gasteiger partial charge in [-0.1, -0.05) is 23.7 Å². The van der Waals surface area contributed by atoms with Crippen molar-refractivity contribution in [2.45, 2.75) is 33.6 Å². The summed E-state index contributed by atoms with van der Waals surface area (Å²) in [5, 5.41) is 35.2. The third kappa shape index (κ3) is 4.61. The van der Waals surface area contributed by atoms with Crippen LogP contribution < -0.4 is 4.90 Å². The number of thiophene rings is 1. The molecule has 1 aromatic carbocycles. The van der Waals surface area contributed by atoms with Crippen LogP contribution in [-0.4, -0.2) is 28.5 Å². The van der Waals surface area contributed by atoms with Crippen LogP contribution in [0.5, 0.6) is 0 Å². The van der Waals surface area contributed by atoms with Gasteiger partial charge in [-0.15, -0.1) is 11.3 Å². The minimum Gasteiger partial charge on any atom is -0.481 e. The fourth-order valence-electron chi connectivity index (χ4n) is 2.64. The molecule has 0 unspecified atom stereocenters. The maximum absolute atomic E-state index is 10.9. The highest BCUT2D eigenvalue weighted by Gasteiger charge is 2.26. The normalized spacial score (nSPS) is 10.5. The van der Waals surface area contributed by atoms with Crippen LogP contribution >= 0.6 is 22.9 Å². The first-order valence-electron chi connectivity index (χ1n) is 8.22. The molecule has 2 rings (SSSR count). The second kappa shape index (κ2) is 8.45. The number of halogens is 1. The number of aliphatic carboxylic acids is 1. The Hall–Kier alpha value is -2.51. The summed E-state index contributed by atoms with van der Waals surface area (Å²) in [6.07, 6.45) is -0.175. The predicted molar refractivity (Wildman–Crippen MR) is 112 cm³/mol. The molecule has 1 aromatic heterocycles. The minimum absolute atomic E-state index is 0.00919. The van der Waals surface area contributed by atoms with Gasteiger partial charge in [0.1, 0.15) is 16.7 Å². The number of carboxylic acid groups (broad SMARTS) is 1. The molecule has 4 N–H and O–H groups in total. The lowest BCUT2D eigenvalue weighted by molar-refractivity contribution is -0.136. The van der Waals surface area contributed by atoms with Gasteiger partial charge in [-0.3, -0.25) is 25.9 Å². The quantitative estimate of drug-likeness (QED) is 0.397. The molecule has 0 saturated carbocycles. The molecule has 0 amide bonds. The zero-order valence-corrected chi connectivity index (χ0v) is 16.9. The fraction of sp³-hybridized carbons (Fsp3) is 0.263. The summed E-state index contributed by atoms with van der Waals surface area (Å²) < 4.78 is 0. The highest BCUT2D eigenvalue weighted by molar-refractivity contribution is 7.17. The average molecular weight is 405 g/mol. The second-order valence-electron chi connectivity index (χ2n) is 6.11. The van der Waals surface area contributed by atoms with Gasteiger partial charge in [-0.25, -0.2) is 0 Å². The van der Waals surface area contributed by atoms with Crippen molar-refractivity contribution in [2.24, 2.45) is 0 Å². The summed E-state index contributed by atoms with van der Waals surface area (Å²) in [6, 6.07) is 6.96. The first kappa shape index (κ1) is 20.8. The Bertz CT molecular complexity index is 919. The molecule has 0 aliphatic rings. The molecule has 0 aliphatic carbocycles. The standard InChI is InChI=1S/C19H21ClN4O2S/c1-10-11(2)27-19(24(12(3)21)15(22)8-9-16(25)26)17(10)18(23)13-4-6-14(20)7-5-13/h4-7,21-23H,8-9H2,1-3H3,(H,25,26). The lowest BCUT2D eigenvalue weighted by Crippen LogP contribution is -2.35. The molecule has 27 heavy (non-hydrogen) atoms. The molecular formula is C19H21ClN4O2S. The van der Waals surface area contributed by atoms with Crippen molar-refractivity contribution in [3.8, 4) is 0 Å². The molecule has 0 fully saturated rings. The lowest BCUT2D eigenvalue weighted by Gasteiger charge is -2.24. The molecule has 0 spiro atoms. The molecular weight excluding hydrogens is 384 g/mol. The summed E-state index contributed by atoms with van der Waals surface area (Å²) in [7, 11) is 0. The molecule has 142 valence electrons. The Morgan fingerprint density at radius 3 is 2.26 bits per heavy atom. The number of benzene rings is 1. The first-order chi connectivity index (χ1) is 12.6. The van der Waals surface area contributed by atoms with Crippen molar-refractivity contribution in [1.29, 1.82) is 16.2 Å². The second-order valence-corrected chi connectivity index (χ2v) is 7.75. The van der Waals surface area contributed by atoms with E-state index >= 15 is 0 Å². The van der Waals surface area contributed by atoms with Gasteiger partial charge in [0.05, 0.1) is 12.1 Å². The van der Waals surface area contributed by atoms with Crippen molar-refractivity contribution in [3.05, 3.63) is 50.9 Å². The summed E-state index contributed by atoms with van der Waals surface area (Å²) in [4.78, 5) is 13.3. The molecule has 1 heterocycles. The Morgan fingerprint density at radius 2 is 1.74 bits per heavy atom. The summed E-state index contributed by atoms with van der Waals surface area (Å²) >= 11 is 7.34. The van der Waals surface area contributed by atoms with Crippen LogP contribution in [0, 0.1) is 30.1 Å². The number of anilines is 1. The van der Waals surface area contributed by atoms with E-state index in [0.29, 0.717) is 21.2 Å². The molecule has 0 atom stereocenters. The van der Waals surface area contributed by atoms with Crippen LogP contribution in [0.15, 0.2) is 24.3 Å². The molecule has 6 nitrogen and oxygen atoms in total. The van der Waals surface area contributed by atoms with Gasteiger partial charge in [0.2, 0.25) is 0 Å². The van der Waals surface area contributed by atoms with Gasteiger partial charge in [-0.2, -0.15) is 0 Å². The van der Waals surface area contributed by atoms with Crippen molar-refractivity contribution in [2.75, 3.05) is 4.90 Å². The van der Waals surface area contributed by atoms with Gasteiger partial charge in [-0.05, 0) is 38.5 Å². The Kier molecular flexibility index (Phi) is 6.51. The largest absolute Gasteiger partial charge is 0.481 e. The van der Waals surface area contributed by atoms with E-state index in [9.17, 15) is 4.79 Å². The number of hydrogen-bond donors (Lipinski definition) is 4. The number of carbonyl (C=O) groups is 1. The first-order valence-corrected chi connectivity index (χ1v) is 9.42. The van der Waals surface area contributed by atoms with E-state index in [1.54, 1.807) is 31.2 Å². The van der Waals surface area contributed by atoms with Crippen molar-refractivity contribution < 1.29 is 9.90 Å². The number of nitrogens with zero attached hydrogens (tertiary/aromatic N) is 1. The number of rotatable bonds is 6. The van der Waals surface area contributed by atoms with Crippen LogP contribution in [0.25, 0.3) is 0 Å². The van der Waals surface area contributed by atoms with E-state index in [1.807, 2.05) is 13.8 Å². The number of aryl methyl sites for hydroxylation is 1. The Balaban J connectivity index is 2.52. The van der Waals surface area contributed by atoms with E-state index < -0.39 is 5.97 Å². The van der Waals surface area contributed by atoms with Crippen molar-refractivity contribution in [1.82, 2.24) is 0 Å². The number of hydrogen-bond acceptors (Lipinski definition) is 5. The van der Waals surface area contributed by atoms with Crippen molar-refractivity contribution >= 4 is 51.3 Å². The number of carboxylic acids is 1. The van der Waals surface area contributed by atoms with E-state index in [0.717, 1.165) is 10.4 Å². The predicted octanol–water partition coefficient (Wildman–Crippen LogP) is 5.08. The van der Waals surface area contributed by atoms with Gasteiger partial charge < -0.3 is 5.11 Å². The van der Waals surface area contributed by atoms with Crippen molar-refractivity contribution in [3.63, 3.8) is 0 Å². The summed E-state index contributed by atoms with van der Waals surface area (Å²) in [5.74, 6) is -0.858. The average Bonchev–Trinajstić information content (AvgIpc) is 2.87. The van der Waals surface area contributed by atoms with E-state index in [2.05, 4.69) is 0 Å². The monoisotopic (exact) mass is 404 g/mol. The topological polar surface area (TPSA) is 112 Å². The molecule has 8 heteroatoms. The smallest absolute Gasteiger partial charge is 0.303 e. The summed E-state index contributed by atoms with van der Waals surface area (Å²) in [5.41, 5.74) is 2.51. The van der Waals surface area contributed by atoms with E-state index in [-0.39, 0.29) is 30.2 Å². The van der Waals surface area contributed by atoms with Gasteiger partial charge >= 0.3 is 5.97 Å². The van der Waals surface area contributed by atoms with Gasteiger partial charge in [0.15, 0.2) is 0 Å². The molecule has 0 bridgehead atoms. The van der Waals surface area contributed by atoms with Crippen LogP contribution in [0.3, 0.4) is 0 Å². The molecule has 2 aromatic rings. The Morgan fingerprint density at radius 1 is 1.15 bits per heavy atom. The Labute approximate surface area is 166 Å². The van der Waals surface area contributed by atoms with Crippen LogP contribution in [-0.2, 0) is 4.79 Å². The number of nitrogens with one attached hydrogen (secondary N) is 3. The third-order valence-corrected chi connectivity index (χ3v) is 5.58. The zero-order valence-electron chi connectivity index (χ0n) is 15.3. The maximum Gasteiger partial charge on any atom is 0.303 e. The minimum atomic E-state index is -0.991. The zero-order chi connectivity index (χ0) is 20.3. The molecule has 0 radical (unpaired) electrons. The highest BCUT2D eigenvalue weighted by Crippen LogP contribution is 2.37. The number of amidine groups is 2. The summed E-state index contributed by atoms with van der Waals surface area (Å²) in [6.45, 7) is 5.39. The van der Waals surface area contributed by atoms with Gasteiger partial charge in [0, 0.05) is 27.4 Å². The molecule has 0 aliphatic heterocycles. The van der Waals surface area contributed by atoms with E-state index in [4.69, 9.17) is 32.9 Å². The fourth-order valence-corrected chi connectivity index (χ4v) is 4.00. The van der Waals surface area contributed by atoms with Crippen LogP contribution in [0.4, 0.5) is 5.00 Å². The maximum atomic E-state index is 10.9. The molecule has 0 saturated heterocycles. The van der Waals surface area contributed by atoms with Crippen LogP contribution in [0.1, 0.15) is 41.3 Å². The van der Waals surface area contributed by atoms with Crippen LogP contribution in [0.2, 0.25) is 5.02 Å².